The number of nitrogens with one attached hydrogen (secondary N) is 1. The average molecular weight is 295 g/mol. The van der Waals surface area contributed by atoms with Crippen LogP contribution in [0.2, 0.25) is 0 Å². The number of halogens is 3. The Morgan fingerprint density at radius 1 is 1.10 bits per heavy atom. The lowest BCUT2D eigenvalue weighted by Gasteiger charge is -2.20. The van der Waals surface area contributed by atoms with Crippen molar-refractivity contribution >= 4 is 5.69 Å². The van der Waals surface area contributed by atoms with E-state index in [1.807, 2.05) is 25.1 Å². The largest absolute Gasteiger partial charge is 0.416 e. The number of rotatable bonds is 3. The van der Waals surface area contributed by atoms with Crippen LogP contribution in [0.15, 0.2) is 42.5 Å². The molecule has 0 fully saturated rings. The van der Waals surface area contributed by atoms with Gasteiger partial charge >= 0.3 is 6.18 Å². The maximum absolute atomic E-state index is 12.8. The molecule has 0 saturated heterocycles. The number of anilines is 1. The molecule has 21 heavy (non-hydrogen) atoms. The molecule has 3 nitrogen and oxygen atoms in total. The maximum Gasteiger partial charge on any atom is 0.416 e. The highest BCUT2D eigenvalue weighted by Gasteiger charge is 2.31. The standard InChI is InChI=1S/C15H16F3N3/c1-9-3-2-4-10(7-9)14(21-20)12-8-11(15(16,17)18)5-6-13(12)19/h2-8,14,21H,19-20H2,1H3. The van der Waals surface area contributed by atoms with Crippen LogP contribution in [-0.4, -0.2) is 0 Å². The SMILES string of the molecule is Cc1cccc(C(NN)c2cc(C(F)(F)F)ccc2N)c1. The minimum Gasteiger partial charge on any atom is -0.398 e. The van der Waals surface area contributed by atoms with Crippen molar-refractivity contribution in [2.45, 2.75) is 19.1 Å². The highest BCUT2D eigenvalue weighted by Crippen LogP contribution is 2.34. The molecule has 0 aliphatic heterocycles. The van der Waals surface area contributed by atoms with Crippen molar-refractivity contribution in [3.63, 3.8) is 0 Å². The van der Waals surface area contributed by atoms with Gasteiger partial charge in [-0.2, -0.15) is 13.2 Å². The van der Waals surface area contributed by atoms with E-state index in [4.69, 9.17) is 11.6 Å². The molecule has 0 amide bonds. The van der Waals surface area contributed by atoms with Crippen molar-refractivity contribution in [1.29, 1.82) is 0 Å². The van der Waals surface area contributed by atoms with Gasteiger partial charge in [0.25, 0.3) is 0 Å². The number of aryl methyl sites for hydroxylation is 1. The van der Waals surface area contributed by atoms with E-state index in [2.05, 4.69) is 5.43 Å². The normalized spacial score (nSPS) is 13.2. The summed E-state index contributed by atoms with van der Waals surface area (Å²) in [5.41, 5.74) is 9.90. The van der Waals surface area contributed by atoms with Crippen LogP contribution in [0.3, 0.4) is 0 Å². The third-order valence-electron chi connectivity index (χ3n) is 3.27. The summed E-state index contributed by atoms with van der Waals surface area (Å²) < 4.78 is 38.5. The summed E-state index contributed by atoms with van der Waals surface area (Å²) in [5, 5.41) is 0. The first-order valence-electron chi connectivity index (χ1n) is 6.32. The Bertz CT molecular complexity index is 638. The fourth-order valence-electron chi connectivity index (χ4n) is 2.22. The highest BCUT2D eigenvalue weighted by molar-refractivity contribution is 5.53. The second-order valence-electron chi connectivity index (χ2n) is 4.86. The number of alkyl halides is 3. The molecule has 0 bridgehead atoms. The van der Waals surface area contributed by atoms with Crippen molar-refractivity contribution in [1.82, 2.24) is 5.43 Å². The van der Waals surface area contributed by atoms with Crippen LogP contribution in [0.1, 0.15) is 28.3 Å². The summed E-state index contributed by atoms with van der Waals surface area (Å²) in [6.07, 6.45) is -4.42. The van der Waals surface area contributed by atoms with E-state index in [-0.39, 0.29) is 5.69 Å². The summed E-state index contributed by atoms with van der Waals surface area (Å²) in [4.78, 5) is 0. The number of hydrogen-bond acceptors (Lipinski definition) is 3. The Balaban J connectivity index is 2.52. The van der Waals surface area contributed by atoms with E-state index in [0.717, 1.165) is 23.3 Å². The molecule has 112 valence electrons. The van der Waals surface area contributed by atoms with Gasteiger partial charge in [0.15, 0.2) is 0 Å². The molecule has 6 heteroatoms. The molecule has 0 heterocycles. The van der Waals surface area contributed by atoms with Crippen molar-refractivity contribution in [3.05, 3.63) is 64.7 Å². The third kappa shape index (κ3) is 3.34. The first-order valence-corrected chi connectivity index (χ1v) is 6.32. The smallest absolute Gasteiger partial charge is 0.398 e. The van der Waals surface area contributed by atoms with Gasteiger partial charge in [-0.1, -0.05) is 29.8 Å². The molecule has 1 unspecified atom stereocenters. The quantitative estimate of drug-likeness (QED) is 0.463. The highest BCUT2D eigenvalue weighted by atomic mass is 19.4. The second-order valence-corrected chi connectivity index (χ2v) is 4.86. The second kappa shape index (κ2) is 5.75. The Morgan fingerprint density at radius 2 is 1.81 bits per heavy atom. The van der Waals surface area contributed by atoms with Crippen LogP contribution >= 0.6 is 0 Å². The van der Waals surface area contributed by atoms with Crippen molar-refractivity contribution in [2.24, 2.45) is 5.84 Å². The molecule has 0 spiro atoms. The molecule has 1 atom stereocenters. The number of hydrogen-bond donors (Lipinski definition) is 3. The summed E-state index contributed by atoms with van der Waals surface area (Å²) in [6, 6.07) is 9.99. The van der Waals surface area contributed by atoms with Gasteiger partial charge in [-0.3, -0.25) is 5.84 Å². The number of benzene rings is 2. The minimum absolute atomic E-state index is 0.257. The minimum atomic E-state index is -4.42. The molecule has 2 rings (SSSR count). The van der Waals surface area contributed by atoms with E-state index in [1.165, 1.54) is 6.07 Å². The van der Waals surface area contributed by atoms with Gasteiger partial charge in [-0.05, 0) is 36.2 Å². The van der Waals surface area contributed by atoms with Gasteiger partial charge in [0.05, 0.1) is 11.6 Å². The van der Waals surface area contributed by atoms with Crippen LogP contribution in [0.4, 0.5) is 18.9 Å². The molecule has 0 aliphatic carbocycles. The Morgan fingerprint density at radius 3 is 2.38 bits per heavy atom. The summed E-state index contributed by atoms with van der Waals surface area (Å²) in [7, 11) is 0. The van der Waals surface area contributed by atoms with Gasteiger partial charge < -0.3 is 5.73 Å². The van der Waals surface area contributed by atoms with E-state index < -0.39 is 17.8 Å². The molecule has 0 saturated carbocycles. The van der Waals surface area contributed by atoms with Crippen molar-refractivity contribution in [3.8, 4) is 0 Å². The first-order chi connectivity index (χ1) is 9.82. The fourth-order valence-corrected chi connectivity index (χ4v) is 2.22. The molecule has 0 aromatic heterocycles. The lowest BCUT2D eigenvalue weighted by atomic mass is 9.95. The van der Waals surface area contributed by atoms with E-state index in [0.29, 0.717) is 5.56 Å². The monoisotopic (exact) mass is 295 g/mol. The maximum atomic E-state index is 12.8. The van der Waals surface area contributed by atoms with E-state index >= 15 is 0 Å². The molecular weight excluding hydrogens is 279 g/mol. The van der Waals surface area contributed by atoms with Crippen molar-refractivity contribution in [2.75, 3.05) is 5.73 Å². The van der Waals surface area contributed by atoms with Crippen LogP contribution in [0.5, 0.6) is 0 Å². The zero-order valence-electron chi connectivity index (χ0n) is 11.4. The van der Waals surface area contributed by atoms with Crippen LogP contribution in [-0.2, 0) is 6.18 Å². The van der Waals surface area contributed by atoms with Crippen LogP contribution in [0.25, 0.3) is 0 Å². The zero-order chi connectivity index (χ0) is 15.6. The summed E-state index contributed by atoms with van der Waals surface area (Å²) in [6.45, 7) is 1.90. The molecule has 2 aromatic rings. The van der Waals surface area contributed by atoms with Crippen molar-refractivity contribution < 1.29 is 13.2 Å². The predicted molar refractivity (Wildman–Crippen MR) is 76.2 cm³/mol. The molecular formula is C15H16F3N3. The zero-order valence-corrected chi connectivity index (χ0v) is 11.4. The van der Waals surface area contributed by atoms with E-state index in [9.17, 15) is 13.2 Å². The van der Waals surface area contributed by atoms with Gasteiger partial charge in [-0.15, -0.1) is 0 Å². The summed E-state index contributed by atoms with van der Waals surface area (Å²) in [5.74, 6) is 5.53. The molecule has 2 aromatic carbocycles. The number of nitrogens with two attached hydrogens (primary N) is 2. The van der Waals surface area contributed by atoms with Gasteiger partial charge in [0.2, 0.25) is 0 Å². The lowest BCUT2D eigenvalue weighted by Crippen LogP contribution is -2.29. The Labute approximate surface area is 120 Å². The predicted octanol–water partition coefficient (Wildman–Crippen LogP) is 3.15. The van der Waals surface area contributed by atoms with Gasteiger partial charge in [0.1, 0.15) is 0 Å². The van der Waals surface area contributed by atoms with Crippen LogP contribution in [0, 0.1) is 6.92 Å². The summed E-state index contributed by atoms with van der Waals surface area (Å²) >= 11 is 0. The Hall–Kier alpha value is -2.05. The molecule has 0 radical (unpaired) electrons. The van der Waals surface area contributed by atoms with E-state index in [1.54, 1.807) is 6.07 Å². The average Bonchev–Trinajstić information content (AvgIpc) is 2.40. The molecule has 0 aliphatic rings. The fraction of sp³-hybridized carbons (Fsp3) is 0.200. The van der Waals surface area contributed by atoms with Gasteiger partial charge in [-0.25, -0.2) is 5.43 Å². The Kier molecular flexibility index (Phi) is 4.20. The van der Waals surface area contributed by atoms with Crippen LogP contribution < -0.4 is 17.0 Å². The first kappa shape index (κ1) is 15.3. The third-order valence-corrected chi connectivity index (χ3v) is 3.27. The number of hydrazine groups is 1. The van der Waals surface area contributed by atoms with Gasteiger partial charge in [0, 0.05) is 5.69 Å². The lowest BCUT2D eigenvalue weighted by molar-refractivity contribution is -0.137. The number of nitrogen functional groups attached to an aromatic ring is 1. The molecule has 5 N–H and O–H groups in total. The topological polar surface area (TPSA) is 64.1 Å².